The molecule has 150 valence electrons. The van der Waals surface area contributed by atoms with Crippen LogP contribution in [0.2, 0.25) is 0 Å². The number of rotatable bonds is 7. The molecular weight excluding hydrogens is 399 g/mol. The van der Waals surface area contributed by atoms with Crippen LogP contribution in [-0.2, 0) is 6.54 Å². The van der Waals surface area contributed by atoms with Gasteiger partial charge in [-0.1, -0.05) is 17.4 Å². The highest BCUT2D eigenvalue weighted by molar-refractivity contribution is 7.15. The molecule has 0 aliphatic rings. The number of nitrogens with one attached hydrogen (secondary N) is 2. The van der Waals surface area contributed by atoms with Gasteiger partial charge in [-0.25, -0.2) is 4.39 Å². The normalized spacial score (nSPS) is 10.3. The van der Waals surface area contributed by atoms with Crippen LogP contribution in [0.3, 0.4) is 0 Å². The Morgan fingerprint density at radius 3 is 2.28 bits per heavy atom. The van der Waals surface area contributed by atoms with Gasteiger partial charge in [0.2, 0.25) is 10.0 Å². The molecule has 0 aliphatic carbocycles. The SMILES string of the molecule is COc1ccc(CNC(=O)c2nnc(C(=O)Nc3ccc(F)cc3)s2)cc1OC. The molecule has 3 rings (SSSR count). The van der Waals surface area contributed by atoms with Crippen LogP contribution >= 0.6 is 11.3 Å². The monoisotopic (exact) mass is 416 g/mol. The van der Waals surface area contributed by atoms with E-state index in [0.717, 1.165) is 16.9 Å². The number of carbonyl (C=O) groups excluding carboxylic acids is 2. The molecule has 0 spiro atoms. The van der Waals surface area contributed by atoms with Crippen LogP contribution in [0.1, 0.15) is 25.2 Å². The number of hydrogen-bond donors (Lipinski definition) is 2. The zero-order valence-corrected chi connectivity index (χ0v) is 16.4. The maximum Gasteiger partial charge on any atom is 0.286 e. The Morgan fingerprint density at radius 1 is 0.966 bits per heavy atom. The summed E-state index contributed by atoms with van der Waals surface area (Å²) in [4.78, 5) is 24.5. The van der Waals surface area contributed by atoms with Gasteiger partial charge in [-0.3, -0.25) is 9.59 Å². The van der Waals surface area contributed by atoms with Crippen LogP contribution in [-0.4, -0.2) is 36.2 Å². The molecule has 1 aromatic heterocycles. The van der Waals surface area contributed by atoms with E-state index in [4.69, 9.17) is 9.47 Å². The van der Waals surface area contributed by atoms with Crippen molar-refractivity contribution in [3.63, 3.8) is 0 Å². The van der Waals surface area contributed by atoms with Gasteiger partial charge in [-0.2, -0.15) is 0 Å². The van der Waals surface area contributed by atoms with Crippen molar-refractivity contribution in [1.82, 2.24) is 15.5 Å². The maximum atomic E-state index is 12.9. The Balaban J connectivity index is 1.60. The number of benzene rings is 2. The molecule has 3 aromatic rings. The van der Waals surface area contributed by atoms with Crippen molar-refractivity contribution >= 4 is 28.8 Å². The number of aromatic nitrogens is 2. The van der Waals surface area contributed by atoms with E-state index in [-0.39, 0.29) is 16.6 Å². The van der Waals surface area contributed by atoms with Crippen LogP contribution in [0.5, 0.6) is 11.5 Å². The third kappa shape index (κ3) is 5.05. The number of ether oxygens (including phenoxy) is 2. The van der Waals surface area contributed by atoms with Gasteiger partial charge in [0, 0.05) is 12.2 Å². The zero-order valence-electron chi connectivity index (χ0n) is 15.6. The first-order valence-corrected chi connectivity index (χ1v) is 9.21. The van der Waals surface area contributed by atoms with Crippen LogP contribution in [0.15, 0.2) is 42.5 Å². The number of amides is 2. The minimum atomic E-state index is -0.534. The molecule has 2 N–H and O–H groups in total. The Kier molecular flexibility index (Phi) is 6.35. The molecule has 0 saturated heterocycles. The fraction of sp³-hybridized carbons (Fsp3) is 0.158. The topological polar surface area (TPSA) is 102 Å². The van der Waals surface area contributed by atoms with Crippen molar-refractivity contribution in [2.75, 3.05) is 19.5 Å². The van der Waals surface area contributed by atoms with E-state index in [1.807, 2.05) is 0 Å². The molecular formula is C19H17FN4O4S. The molecule has 0 atom stereocenters. The second kappa shape index (κ2) is 9.11. The fourth-order valence-electron chi connectivity index (χ4n) is 2.37. The van der Waals surface area contributed by atoms with Crippen LogP contribution < -0.4 is 20.1 Å². The highest BCUT2D eigenvalue weighted by atomic mass is 32.1. The van der Waals surface area contributed by atoms with Crippen LogP contribution in [0, 0.1) is 5.82 Å². The number of anilines is 1. The van der Waals surface area contributed by atoms with E-state index < -0.39 is 17.6 Å². The lowest BCUT2D eigenvalue weighted by atomic mass is 10.2. The zero-order chi connectivity index (χ0) is 20.8. The number of nitrogens with zero attached hydrogens (tertiary/aromatic N) is 2. The van der Waals surface area contributed by atoms with Crippen molar-refractivity contribution in [3.05, 3.63) is 63.9 Å². The molecule has 0 bridgehead atoms. The average molecular weight is 416 g/mol. The summed E-state index contributed by atoms with van der Waals surface area (Å²) in [6, 6.07) is 10.6. The second-order valence-corrected chi connectivity index (χ2v) is 6.72. The van der Waals surface area contributed by atoms with E-state index in [2.05, 4.69) is 20.8 Å². The van der Waals surface area contributed by atoms with E-state index in [1.165, 1.54) is 31.4 Å². The average Bonchev–Trinajstić information content (AvgIpc) is 3.24. The molecule has 0 radical (unpaired) electrons. The Morgan fingerprint density at radius 2 is 1.62 bits per heavy atom. The van der Waals surface area contributed by atoms with Crippen LogP contribution in [0.4, 0.5) is 10.1 Å². The van der Waals surface area contributed by atoms with E-state index in [9.17, 15) is 14.0 Å². The van der Waals surface area contributed by atoms with Gasteiger partial charge in [-0.15, -0.1) is 10.2 Å². The highest BCUT2D eigenvalue weighted by Gasteiger charge is 2.18. The lowest BCUT2D eigenvalue weighted by Gasteiger charge is -2.09. The molecule has 1 heterocycles. The van der Waals surface area contributed by atoms with Crippen molar-refractivity contribution in [2.24, 2.45) is 0 Å². The molecule has 0 unspecified atom stereocenters. The first-order chi connectivity index (χ1) is 14.0. The minimum Gasteiger partial charge on any atom is -0.493 e. The lowest BCUT2D eigenvalue weighted by Crippen LogP contribution is -2.22. The Hall–Kier alpha value is -3.53. The summed E-state index contributed by atoms with van der Waals surface area (Å²) in [6.07, 6.45) is 0. The third-order valence-electron chi connectivity index (χ3n) is 3.82. The van der Waals surface area contributed by atoms with Crippen molar-refractivity contribution in [3.8, 4) is 11.5 Å². The third-order valence-corrected chi connectivity index (χ3v) is 4.74. The van der Waals surface area contributed by atoms with Gasteiger partial charge in [0.1, 0.15) is 5.82 Å². The number of hydrogen-bond acceptors (Lipinski definition) is 7. The summed E-state index contributed by atoms with van der Waals surface area (Å²) in [5.41, 5.74) is 1.21. The predicted molar refractivity (Wildman–Crippen MR) is 105 cm³/mol. The summed E-state index contributed by atoms with van der Waals surface area (Å²) < 4.78 is 23.3. The largest absolute Gasteiger partial charge is 0.493 e. The smallest absolute Gasteiger partial charge is 0.286 e. The lowest BCUT2D eigenvalue weighted by molar-refractivity contribution is 0.0948. The number of carbonyl (C=O) groups is 2. The van der Waals surface area contributed by atoms with E-state index in [0.29, 0.717) is 17.2 Å². The molecule has 10 heteroatoms. The Bertz CT molecular complexity index is 1020. The molecule has 0 aliphatic heterocycles. The summed E-state index contributed by atoms with van der Waals surface area (Å²) in [5.74, 6) is -0.267. The standard InChI is InChI=1S/C19H17FN4O4S/c1-27-14-8-3-11(9-15(14)28-2)10-21-16(25)18-23-24-19(29-18)17(26)22-13-6-4-12(20)5-7-13/h3-9H,10H2,1-2H3,(H,21,25)(H,22,26). The summed E-state index contributed by atoms with van der Waals surface area (Å²) in [6.45, 7) is 0.232. The highest BCUT2D eigenvalue weighted by Crippen LogP contribution is 2.27. The van der Waals surface area contributed by atoms with Gasteiger partial charge in [0.25, 0.3) is 11.8 Å². The van der Waals surface area contributed by atoms with Crippen molar-refractivity contribution in [1.29, 1.82) is 0 Å². The Labute approximate surface area is 169 Å². The predicted octanol–water partition coefficient (Wildman–Crippen LogP) is 2.88. The van der Waals surface area contributed by atoms with Crippen LogP contribution in [0.25, 0.3) is 0 Å². The maximum absolute atomic E-state index is 12.9. The second-order valence-electron chi connectivity index (χ2n) is 5.75. The van der Waals surface area contributed by atoms with E-state index in [1.54, 1.807) is 25.3 Å². The van der Waals surface area contributed by atoms with Gasteiger partial charge < -0.3 is 20.1 Å². The molecule has 8 nitrogen and oxygen atoms in total. The van der Waals surface area contributed by atoms with Gasteiger partial charge >= 0.3 is 0 Å². The minimum absolute atomic E-state index is 0.0191. The first kappa shape index (κ1) is 20.2. The molecule has 2 aromatic carbocycles. The number of halogens is 1. The first-order valence-electron chi connectivity index (χ1n) is 8.39. The summed E-state index contributed by atoms with van der Waals surface area (Å²) in [5, 5.41) is 12.8. The van der Waals surface area contributed by atoms with Gasteiger partial charge in [0.05, 0.1) is 14.2 Å². The summed E-state index contributed by atoms with van der Waals surface area (Å²) in [7, 11) is 3.07. The molecule has 2 amide bonds. The molecule has 0 fully saturated rings. The molecule has 29 heavy (non-hydrogen) atoms. The fourth-order valence-corrected chi connectivity index (χ4v) is 3.03. The quantitative estimate of drug-likeness (QED) is 0.614. The van der Waals surface area contributed by atoms with E-state index >= 15 is 0 Å². The van der Waals surface area contributed by atoms with Gasteiger partial charge in [-0.05, 0) is 42.0 Å². The van der Waals surface area contributed by atoms with Crippen molar-refractivity contribution in [2.45, 2.75) is 6.54 Å². The molecule has 0 saturated carbocycles. The number of methoxy groups -OCH3 is 2. The van der Waals surface area contributed by atoms with Crippen molar-refractivity contribution < 1.29 is 23.5 Å². The summed E-state index contributed by atoms with van der Waals surface area (Å²) >= 11 is 0.855. The van der Waals surface area contributed by atoms with Gasteiger partial charge in [0.15, 0.2) is 11.5 Å².